The van der Waals surface area contributed by atoms with Crippen LogP contribution in [0.15, 0.2) is 22.3 Å². The summed E-state index contributed by atoms with van der Waals surface area (Å²) in [7, 11) is 0. The fourth-order valence-corrected chi connectivity index (χ4v) is 4.00. The highest BCUT2D eigenvalue weighted by Crippen LogP contribution is 2.32. The first-order valence-electron chi connectivity index (χ1n) is 8.71. The maximum Gasteiger partial charge on any atom is 0.215 e. The van der Waals surface area contributed by atoms with Gasteiger partial charge in [0.1, 0.15) is 5.03 Å². The lowest BCUT2D eigenvalue weighted by Gasteiger charge is -2.21. The van der Waals surface area contributed by atoms with Crippen LogP contribution in [0.3, 0.4) is 0 Å². The molecular formula is C16H22N8S. The van der Waals surface area contributed by atoms with Gasteiger partial charge in [0.05, 0.1) is 6.04 Å². The first-order chi connectivity index (χ1) is 12.0. The van der Waals surface area contributed by atoms with Crippen molar-refractivity contribution in [3.05, 3.63) is 18.0 Å². The summed E-state index contributed by atoms with van der Waals surface area (Å²) >= 11 is 1.49. The van der Waals surface area contributed by atoms with Crippen LogP contribution in [0.25, 0.3) is 5.65 Å². The molecule has 0 aromatic carbocycles. The molecule has 3 heterocycles. The van der Waals surface area contributed by atoms with Crippen molar-refractivity contribution in [1.82, 2.24) is 40.0 Å². The van der Waals surface area contributed by atoms with Crippen LogP contribution >= 0.6 is 11.8 Å². The van der Waals surface area contributed by atoms with Crippen molar-refractivity contribution in [3.63, 3.8) is 0 Å². The van der Waals surface area contributed by atoms with E-state index in [2.05, 4.69) is 46.5 Å². The molecule has 0 radical (unpaired) electrons. The summed E-state index contributed by atoms with van der Waals surface area (Å²) in [5.41, 5.74) is 0.625. The van der Waals surface area contributed by atoms with Gasteiger partial charge in [-0.05, 0) is 47.2 Å². The zero-order chi connectivity index (χ0) is 17.4. The van der Waals surface area contributed by atoms with E-state index in [9.17, 15) is 0 Å². The molecule has 8 nitrogen and oxygen atoms in total. The predicted octanol–water partition coefficient (Wildman–Crippen LogP) is 3.06. The van der Waals surface area contributed by atoms with E-state index < -0.39 is 0 Å². The van der Waals surface area contributed by atoms with Gasteiger partial charge >= 0.3 is 0 Å². The average molecular weight is 358 g/mol. The van der Waals surface area contributed by atoms with E-state index in [0.29, 0.717) is 6.04 Å². The van der Waals surface area contributed by atoms with E-state index in [0.717, 1.165) is 34.5 Å². The van der Waals surface area contributed by atoms with E-state index in [1.807, 2.05) is 21.3 Å². The van der Waals surface area contributed by atoms with Crippen LogP contribution in [0.5, 0.6) is 0 Å². The number of aromatic nitrogens is 8. The number of fused-ring (bicyclic) bond motifs is 1. The number of rotatable bonds is 3. The normalized spacial score (nSPS) is 16.6. The molecule has 0 bridgehead atoms. The van der Waals surface area contributed by atoms with Gasteiger partial charge in [0, 0.05) is 5.41 Å². The zero-order valence-electron chi connectivity index (χ0n) is 14.8. The lowest BCUT2D eigenvalue weighted by atomic mass is 9.96. The molecule has 132 valence electrons. The Morgan fingerprint density at radius 2 is 1.84 bits per heavy atom. The molecule has 25 heavy (non-hydrogen) atoms. The summed E-state index contributed by atoms with van der Waals surface area (Å²) in [6.45, 7) is 6.32. The lowest BCUT2D eigenvalue weighted by molar-refractivity contribution is 0.307. The summed E-state index contributed by atoms with van der Waals surface area (Å²) in [4.78, 5) is 0. The van der Waals surface area contributed by atoms with Gasteiger partial charge in [0.15, 0.2) is 11.5 Å². The van der Waals surface area contributed by atoms with Gasteiger partial charge in [0.2, 0.25) is 5.16 Å². The Morgan fingerprint density at radius 1 is 1.04 bits per heavy atom. The topological polar surface area (TPSA) is 86.7 Å². The van der Waals surface area contributed by atoms with Gasteiger partial charge in [-0.1, -0.05) is 40.0 Å². The van der Waals surface area contributed by atoms with Gasteiger partial charge in [-0.2, -0.15) is 9.61 Å². The second-order valence-electron chi connectivity index (χ2n) is 7.52. The first kappa shape index (κ1) is 16.4. The molecule has 0 aliphatic heterocycles. The molecule has 3 aromatic heterocycles. The minimum atomic E-state index is -0.126. The van der Waals surface area contributed by atoms with Gasteiger partial charge in [-0.25, -0.2) is 4.68 Å². The molecule has 0 saturated heterocycles. The van der Waals surface area contributed by atoms with Crippen molar-refractivity contribution in [2.45, 2.75) is 74.5 Å². The Kier molecular flexibility index (Phi) is 4.18. The molecule has 4 rings (SSSR count). The number of hydrogen-bond acceptors (Lipinski definition) is 7. The highest BCUT2D eigenvalue weighted by Gasteiger charge is 2.23. The van der Waals surface area contributed by atoms with Crippen molar-refractivity contribution in [2.24, 2.45) is 0 Å². The second kappa shape index (κ2) is 6.36. The largest absolute Gasteiger partial charge is 0.217 e. The third-order valence-electron chi connectivity index (χ3n) is 4.49. The minimum absolute atomic E-state index is 0.126. The SMILES string of the molecule is CC(C)(C)c1nnc2ccc(Sc3nnnn3C3CCCCC3)nn12. The molecule has 0 amide bonds. The lowest BCUT2D eigenvalue weighted by Crippen LogP contribution is -2.17. The van der Waals surface area contributed by atoms with Gasteiger partial charge < -0.3 is 0 Å². The van der Waals surface area contributed by atoms with Crippen LogP contribution in [0.1, 0.15) is 64.7 Å². The molecule has 9 heteroatoms. The summed E-state index contributed by atoms with van der Waals surface area (Å²) < 4.78 is 3.78. The van der Waals surface area contributed by atoms with E-state index in [1.165, 1.54) is 31.0 Å². The quantitative estimate of drug-likeness (QED) is 0.711. The number of tetrazole rings is 1. The molecule has 1 aliphatic rings. The van der Waals surface area contributed by atoms with Gasteiger partial charge in [-0.3, -0.25) is 0 Å². The summed E-state index contributed by atoms with van der Waals surface area (Å²) in [6.07, 6.45) is 6.08. The average Bonchev–Trinajstić information content (AvgIpc) is 3.21. The maximum absolute atomic E-state index is 4.71. The van der Waals surface area contributed by atoms with Gasteiger partial charge in [0.25, 0.3) is 0 Å². The molecule has 1 fully saturated rings. The molecule has 1 saturated carbocycles. The third-order valence-corrected chi connectivity index (χ3v) is 5.37. The fraction of sp³-hybridized carbons (Fsp3) is 0.625. The van der Waals surface area contributed by atoms with Crippen LogP contribution in [0, 0.1) is 0 Å². The Hall–Kier alpha value is -2.03. The Labute approximate surface area is 150 Å². The molecular weight excluding hydrogens is 336 g/mol. The highest BCUT2D eigenvalue weighted by molar-refractivity contribution is 7.99. The molecule has 0 N–H and O–H groups in total. The highest BCUT2D eigenvalue weighted by atomic mass is 32.2. The van der Waals surface area contributed by atoms with Crippen molar-refractivity contribution >= 4 is 17.4 Å². The molecule has 0 unspecified atom stereocenters. The summed E-state index contributed by atoms with van der Waals surface area (Å²) in [5.74, 6) is 0.844. The van der Waals surface area contributed by atoms with Crippen molar-refractivity contribution in [2.75, 3.05) is 0 Å². The minimum Gasteiger partial charge on any atom is -0.217 e. The van der Waals surface area contributed by atoms with Crippen molar-refractivity contribution in [1.29, 1.82) is 0 Å². The standard InChI is InChI=1S/C16H22N8S/c1-16(2,3)14-18-17-12-9-10-13(20-24(12)14)25-15-19-21-22-23(15)11-7-5-4-6-8-11/h9-11H,4-8H2,1-3H3. The Morgan fingerprint density at radius 3 is 2.60 bits per heavy atom. The van der Waals surface area contributed by atoms with Crippen molar-refractivity contribution < 1.29 is 0 Å². The van der Waals surface area contributed by atoms with Crippen LogP contribution in [0.4, 0.5) is 0 Å². The third kappa shape index (κ3) is 3.24. The molecule has 0 spiro atoms. The smallest absolute Gasteiger partial charge is 0.215 e. The van der Waals surface area contributed by atoms with Crippen LogP contribution in [0.2, 0.25) is 0 Å². The maximum atomic E-state index is 4.71. The second-order valence-corrected chi connectivity index (χ2v) is 8.50. The fourth-order valence-electron chi connectivity index (χ4n) is 3.20. The van der Waals surface area contributed by atoms with E-state index in [4.69, 9.17) is 5.10 Å². The molecule has 3 aromatic rings. The van der Waals surface area contributed by atoms with Crippen LogP contribution in [-0.4, -0.2) is 40.0 Å². The van der Waals surface area contributed by atoms with E-state index in [-0.39, 0.29) is 5.41 Å². The van der Waals surface area contributed by atoms with Crippen molar-refractivity contribution in [3.8, 4) is 0 Å². The van der Waals surface area contributed by atoms with E-state index >= 15 is 0 Å². The number of hydrogen-bond donors (Lipinski definition) is 0. The van der Waals surface area contributed by atoms with E-state index in [1.54, 1.807) is 0 Å². The monoisotopic (exact) mass is 358 g/mol. The molecule has 0 atom stereocenters. The summed E-state index contributed by atoms with van der Waals surface area (Å²) in [5, 5.41) is 27.2. The van der Waals surface area contributed by atoms with Crippen LogP contribution in [-0.2, 0) is 5.41 Å². The first-order valence-corrected chi connectivity index (χ1v) is 9.53. The summed E-state index contributed by atoms with van der Waals surface area (Å²) in [6, 6.07) is 4.28. The number of nitrogens with zero attached hydrogens (tertiary/aromatic N) is 8. The van der Waals surface area contributed by atoms with Gasteiger partial charge in [-0.15, -0.1) is 15.3 Å². The zero-order valence-corrected chi connectivity index (χ0v) is 15.6. The predicted molar refractivity (Wildman–Crippen MR) is 93.5 cm³/mol. The van der Waals surface area contributed by atoms with Crippen LogP contribution < -0.4 is 0 Å². The molecule has 1 aliphatic carbocycles. The Balaban J connectivity index is 1.64. The Bertz CT molecular complexity index is 872.